The molecule has 0 spiro atoms. The molecule has 2 rings (SSSR count). The maximum Gasteiger partial charge on any atom is 0.411 e. The zero-order valence-corrected chi connectivity index (χ0v) is 14.9. The summed E-state index contributed by atoms with van der Waals surface area (Å²) in [5.74, 6) is 0.321. The molecule has 1 aromatic rings. The van der Waals surface area contributed by atoms with Crippen LogP contribution < -0.4 is 4.74 Å². The van der Waals surface area contributed by atoms with Gasteiger partial charge in [-0.25, -0.2) is 9.59 Å². The summed E-state index contributed by atoms with van der Waals surface area (Å²) in [7, 11) is 2.93. The van der Waals surface area contributed by atoms with Crippen molar-refractivity contribution in [3.63, 3.8) is 0 Å². The normalized spacial score (nSPS) is 20.6. The Labute approximate surface area is 142 Å². The predicted molar refractivity (Wildman–Crippen MR) is 88.8 cm³/mol. The molecule has 0 aromatic heterocycles. The first kappa shape index (κ1) is 18.1. The largest absolute Gasteiger partial charge is 0.497 e. The molecule has 1 aromatic carbocycles. The molecule has 6 heteroatoms. The number of rotatable bonds is 3. The number of likely N-dealkylation sites (tertiary alicyclic amines) is 1. The fourth-order valence-electron chi connectivity index (χ4n) is 2.90. The molecule has 1 amide bonds. The highest BCUT2D eigenvalue weighted by Crippen LogP contribution is 2.38. The first-order chi connectivity index (χ1) is 11.3. The molecule has 0 N–H and O–H groups in total. The van der Waals surface area contributed by atoms with E-state index >= 15 is 0 Å². The average molecular weight is 335 g/mol. The first-order valence-corrected chi connectivity index (χ1v) is 8.00. The number of hydrogen-bond acceptors (Lipinski definition) is 5. The summed E-state index contributed by atoms with van der Waals surface area (Å²) in [5, 5.41) is 0. The molecule has 1 aliphatic rings. The molecule has 0 bridgehead atoms. The second kappa shape index (κ2) is 7.11. The van der Waals surface area contributed by atoms with Crippen molar-refractivity contribution in [2.45, 2.75) is 51.3 Å². The Kier molecular flexibility index (Phi) is 5.36. The Morgan fingerprint density at radius 1 is 1.08 bits per heavy atom. The molecule has 24 heavy (non-hydrogen) atoms. The minimum Gasteiger partial charge on any atom is -0.497 e. The van der Waals surface area contributed by atoms with Gasteiger partial charge in [-0.05, 0) is 51.3 Å². The minimum absolute atomic E-state index is 0.227. The van der Waals surface area contributed by atoms with Gasteiger partial charge in [0.05, 0.1) is 20.3 Å². The summed E-state index contributed by atoms with van der Waals surface area (Å²) < 4.78 is 15.5. The monoisotopic (exact) mass is 335 g/mol. The van der Waals surface area contributed by atoms with E-state index in [9.17, 15) is 9.59 Å². The van der Waals surface area contributed by atoms with Crippen LogP contribution >= 0.6 is 0 Å². The maximum atomic E-state index is 12.7. The molecule has 132 valence electrons. The van der Waals surface area contributed by atoms with E-state index in [1.165, 1.54) is 12.0 Å². The van der Waals surface area contributed by atoms with Crippen molar-refractivity contribution in [2.24, 2.45) is 0 Å². The second-order valence-electron chi connectivity index (χ2n) is 6.79. The number of ether oxygens (including phenoxy) is 3. The number of carbonyl (C=O) groups is 2. The minimum atomic E-state index is -0.634. The van der Waals surface area contributed by atoms with Gasteiger partial charge in [0.1, 0.15) is 17.4 Å². The van der Waals surface area contributed by atoms with Crippen LogP contribution in [-0.2, 0) is 14.3 Å². The van der Waals surface area contributed by atoms with Crippen LogP contribution in [-0.4, -0.2) is 42.8 Å². The Balaban J connectivity index is 2.30. The third-order valence-electron chi connectivity index (χ3n) is 3.96. The SMILES string of the molecule is COC(=O)[C@@H]1CCC(c2ccc(OC)cc2)N1C(=O)OC(C)(C)C. The van der Waals surface area contributed by atoms with Crippen molar-refractivity contribution < 1.29 is 23.8 Å². The van der Waals surface area contributed by atoms with Crippen LogP contribution in [0, 0.1) is 0 Å². The third-order valence-corrected chi connectivity index (χ3v) is 3.96. The highest BCUT2D eigenvalue weighted by molar-refractivity contribution is 5.82. The molecule has 0 aliphatic carbocycles. The van der Waals surface area contributed by atoms with Gasteiger partial charge in [0.2, 0.25) is 0 Å². The van der Waals surface area contributed by atoms with Crippen LogP contribution in [0.15, 0.2) is 24.3 Å². The number of nitrogens with zero attached hydrogens (tertiary/aromatic N) is 1. The van der Waals surface area contributed by atoms with Crippen molar-refractivity contribution in [3.05, 3.63) is 29.8 Å². The number of amides is 1. The number of carbonyl (C=O) groups excluding carboxylic acids is 2. The van der Waals surface area contributed by atoms with Gasteiger partial charge in [-0.3, -0.25) is 4.90 Å². The van der Waals surface area contributed by atoms with E-state index in [4.69, 9.17) is 14.2 Å². The number of esters is 1. The van der Waals surface area contributed by atoms with Crippen LogP contribution in [0.1, 0.15) is 45.2 Å². The summed E-state index contributed by atoms with van der Waals surface area (Å²) >= 11 is 0. The van der Waals surface area contributed by atoms with Gasteiger partial charge in [0, 0.05) is 0 Å². The summed E-state index contributed by atoms with van der Waals surface area (Å²) in [6, 6.07) is 6.63. The lowest BCUT2D eigenvalue weighted by molar-refractivity contribution is -0.146. The lowest BCUT2D eigenvalue weighted by atomic mass is 10.0. The van der Waals surface area contributed by atoms with E-state index in [2.05, 4.69) is 0 Å². The number of methoxy groups -OCH3 is 2. The van der Waals surface area contributed by atoms with Crippen LogP contribution in [0.2, 0.25) is 0 Å². The van der Waals surface area contributed by atoms with E-state index in [1.807, 2.05) is 24.3 Å². The zero-order chi connectivity index (χ0) is 17.9. The topological polar surface area (TPSA) is 65.1 Å². The standard InChI is InChI=1S/C18H25NO5/c1-18(2,3)24-17(21)19-14(10-11-15(19)16(20)23-5)12-6-8-13(22-4)9-7-12/h6-9,14-15H,10-11H2,1-5H3/t14?,15-/m0/s1. The van der Waals surface area contributed by atoms with Crippen LogP contribution in [0.4, 0.5) is 4.79 Å². The van der Waals surface area contributed by atoms with E-state index < -0.39 is 23.7 Å². The molecule has 0 saturated carbocycles. The third kappa shape index (κ3) is 3.99. The second-order valence-corrected chi connectivity index (χ2v) is 6.79. The Morgan fingerprint density at radius 3 is 2.21 bits per heavy atom. The molecular weight excluding hydrogens is 310 g/mol. The Hall–Kier alpha value is -2.24. The van der Waals surface area contributed by atoms with Crippen LogP contribution in [0.5, 0.6) is 5.75 Å². The quantitative estimate of drug-likeness (QED) is 0.793. The van der Waals surface area contributed by atoms with E-state index in [1.54, 1.807) is 27.9 Å². The van der Waals surface area contributed by atoms with Gasteiger partial charge in [0.25, 0.3) is 0 Å². The molecule has 0 radical (unpaired) electrons. The summed E-state index contributed by atoms with van der Waals surface area (Å²) in [6.45, 7) is 5.41. The van der Waals surface area contributed by atoms with E-state index in [0.717, 1.165) is 11.3 Å². The average Bonchev–Trinajstić information content (AvgIpc) is 2.97. The van der Waals surface area contributed by atoms with Gasteiger partial charge in [0.15, 0.2) is 0 Å². The smallest absolute Gasteiger partial charge is 0.411 e. The zero-order valence-electron chi connectivity index (χ0n) is 14.9. The lowest BCUT2D eigenvalue weighted by Crippen LogP contribution is -2.44. The fraction of sp³-hybridized carbons (Fsp3) is 0.556. The lowest BCUT2D eigenvalue weighted by Gasteiger charge is -2.31. The molecule has 6 nitrogen and oxygen atoms in total. The summed E-state index contributed by atoms with van der Waals surface area (Å²) in [5.41, 5.74) is 0.304. The van der Waals surface area contributed by atoms with Crippen LogP contribution in [0.25, 0.3) is 0 Å². The fourth-order valence-corrected chi connectivity index (χ4v) is 2.90. The predicted octanol–water partition coefficient (Wildman–Crippen LogP) is 3.31. The Bertz CT molecular complexity index is 590. The molecule has 1 heterocycles. The summed E-state index contributed by atoms with van der Waals surface area (Å²) in [4.78, 5) is 26.2. The van der Waals surface area contributed by atoms with Gasteiger partial charge >= 0.3 is 12.1 Å². The molecule has 2 atom stereocenters. The van der Waals surface area contributed by atoms with Crippen LogP contribution in [0.3, 0.4) is 0 Å². The summed E-state index contributed by atoms with van der Waals surface area (Å²) in [6.07, 6.45) is 0.713. The highest BCUT2D eigenvalue weighted by Gasteiger charge is 2.44. The first-order valence-electron chi connectivity index (χ1n) is 8.00. The molecule has 1 aliphatic heterocycles. The Morgan fingerprint density at radius 2 is 1.71 bits per heavy atom. The van der Waals surface area contributed by atoms with Gasteiger partial charge in [-0.2, -0.15) is 0 Å². The van der Waals surface area contributed by atoms with Gasteiger partial charge in [-0.1, -0.05) is 12.1 Å². The van der Waals surface area contributed by atoms with E-state index in [-0.39, 0.29) is 6.04 Å². The molecule has 1 saturated heterocycles. The highest BCUT2D eigenvalue weighted by atomic mass is 16.6. The number of benzene rings is 1. The van der Waals surface area contributed by atoms with Crippen molar-refractivity contribution in [1.29, 1.82) is 0 Å². The van der Waals surface area contributed by atoms with Crippen molar-refractivity contribution in [3.8, 4) is 5.75 Å². The van der Waals surface area contributed by atoms with Crippen molar-refractivity contribution in [1.82, 2.24) is 4.90 Å². The van der Waals surface area contributed by atoms with E-state index in [0.29, 0.717) is 12.8 Å². The van der Waals surface area contributed by atoms with Crippen molar-refractivity contribution in [2.75, 3.05) is 14.2 Å². The number of hydrogen-bond donors (Lipinski definition) is 0. The maximum absolute atomic E-state index is 12.7. The van der Waals surface area contributed by atoms with Gasteiger partial charge < -0.3 is 14.2 Å². The van der Waals surface area contributed by atoms with Crippen molar-refractivity contribution >= 4 is 12.1 Å². The molecular formula is C18H25NO5. The molecule has 1 unspecified atom stereocenters. The van der Waals surface area contributed by atoms with Gasteiger partial charge in [-0.15, -0.1) is 0 Å². The molecule has 1 fully saturated rings.